The number of nitrogens with zero attached hydrogens (tertiary/aromatic N) is 2. The first-order valence-electron chi connectivity index (χ1n) is 4.41. The summed E-state index contributed by atoms with van der Waals surface area (Å²) in [6, 6.07) is 3.66. The van der Waals surface area contributed by atoms with Crippen LogP contribution >= 0.6 is 15.9 Å². The zero-order valence-corrected chi connectivity index (χ0v) is 9.14. The molecule has 5 heteroatoms. The molecule has 1 unspecified atom stereocenters. The van der Waals surface area contributed by atoms with Gasteiger partial charge in [-0.05, 0) is 12.1 Å². The van der Waals surface area contributed by atoms with Crippen molar-refractivity contribution in [1.29, 1.82) is 0 Å². The van der Waals surface area contributed by atoms with Crippen LogP contribution in [-0.4, -0.2) is 34.8 Å². The van der Waals surface area contributed by atoms with Crippen molar-refractivity contribution in [3.05, 3.63) is 18.3 Å². The van der Waals surface area contributed by atoms with E-state index in [1.165, 1.54) is 0 Å². The third-order valence-electron chi connectivity index (χ3n) is 2.15. The van der Waals surface area contributed by atoms with Gasteiger partial charge in [-0.25, -0.2) is 4.98 Å². The van der Waals surface area contributed by atoms with Gasteiger partial charge in [0, 0.05) is 12.7 Å². The van der Waals surface area contributed by atoms with Crippen molar-refractivity contribution in [2.45, 2.75) is 4.95 Å². The van der Waals surface area contributed by atoms with Gasteiger partial charge in [-0.1, -0.05) is 15.9 Å². The summed E-state index contributed by atoms with van der Waals surface area (Å²) in [4.78, 5) is 5.98. The lowest BCUT2D eigenvalue weighted by atomic mass is 10.3. The van der Waals surface area contributed by atoms with Crippen molar-refractivity contribution < 1.29 is 9.84 Å². The number of morpholine rings is 1. The van der Waals surface area contributed by atoms with E-state index in [-0.39, 0.29) is 10.8 Å². The van der Waals surface area contributed by atoms with Crippen LogP contribution in [0.3, 0.4) is 0 Å². The molecule has 1 fully saturated rings. The topological polar surface area (TPSA) is 45.6 Å². The van der Waals surface area contributed by atoms with Gasteiger partial charge >= 0.3 is 0 Å². The summed E-state index contributed by atoms with van der Waals surface area (Å²) in [6.45, 7) is 2.06. The molecule has 0 radical (unpaired) electrons. The third-order valence-corrected chi connectivity index (χ3v) is 2.90. The summed E-state index contributed by atoms with van der Waals surface area (Å²) in [6.07, 6.45) is 1.57. The Kier molecular flexibility index (Phi) is 2.88. The number of halogens is 1. The molecule has 0 aliphatic carbocycles. The van der Waals surface area contributed by atoms with Crippen molar-refractivity contribution in [3.8, 4) is 5.88 Å². The molecule has 1 N–H and O–H groups in total. The first kappa shape index (κ1) is 9.73. The van der Waals surface area contributed by atoms with Crippen molar-refractivity contribution in [3.63, 3.8) is 0 Å². The molecule has 1 aliphatic heterocycles. The second kappa shape index (κ2) is 4.14. The second-order valence-corrected chi connectivity index (χ2v) is 4.11. The first-order valence-corrected chi connectivity index (χ1v) is 5.33. The summed E-state index contributed by atoms with van der Waals surface area (Å²) in [5.41, 5.74) is 0.748. The number of hydrogen-bond donors (Lipinski definition) is 1. The predicted molar refractivity (Wildman–Crippen MR) is 56.8 cm³/mol. The molecular weight excluding hydrogens is 248 g/mol. The van der Waals surface area contributed by atoms with Crippen LogP contribution in [0, 0.1) is 0 Å². The highest BCUT2D eigenvalue weighted by molar-refractivity contribution is 9.09. The monoisotopic (exact) mass is 258 g/mol. The number of anilines is 1. The smallest absolute Gasteiger partial charge is 0.235 e. The van der Waals surface area contributed by atoms with E-state index in [9.17, 15) is 5.11 Å². The van der Waals surface area contributed by atoms with E-state index in [1.807, 2.05) is 17.0 Å². The van der Waals surface area contributed by atoms with Gasteiger partial charge in [0.25, 0.3) is 0 Å². The minimum Gasteiger partial charge on any atom is -0.492 e. The Morgan fingerprint density at radius 3 is 3.21 bits per heavy atom. The maximum Gasteiger partial charge on any atom is 0.235 e. The molecule has 14 heavy (non-hydrogen) atoms. The molecule has 1 saturated heterocycles. The molecule has 1 aromatic rings. The van der Waals surface area contributed by atoms with Crippen molar-refractivity contribution >= 4 is 21.6 Å². The Morgan fingerprint density at radius 1 is 1.64 bits per heavy atom. The molecule has 1 atom stereocenters. The summed E-state index contributed by atoms with van der Waals surface area (Å²) < 4.78 is 5.28. The van der Waals surface area contributed by atoms with Crippen molar-refractivity contribution in [2.75, 3.05) is 24.7 Å². The average molecular weight is 259 g/mol. The Hall–Kier alpha value is -0.810. The number of pyridine rings is 1. The molecule has 2 heterocycles. The van der Waals surface area contributed by atoms with E-state index in [0.717, 1.165) is 12.2 Å². The number of aromatic hydroxyl groups is 1. The Labute approximate surface area is 90.6 Å². The van der Waals surface area contributed by atoms with Crippen LogP contribution in [0.25, 0.3) is 0 Å². The van der Waals surface area contributed by atoms with Crippen LogP contribution in [0.4, 0.5) is 5.69 Å². The van der Waals surface area contributed by atoms with Gasteiger partial charge in [0.1, 0.15) is 10.6 Å². The Bertz CT molecular complexity index is 321. The predicted octanol–water partition coefficient (Wildman–Crippen LogP) is 1.34. The molecule has 1 aliphatic rings. The highest BCUT2D eigenvalue weighted by atomic mass is 79.9. The normalized spacial score (nSPS) is 22.4. The van der Waals surface area contributed by atoms with E-state index < -0.39 is 0 Å². The Balaban J connectivity index is 2.25. The largest absolute Gasteiger partial charge is 0.492 e. The van der Waals surface area contributed by atoms with E-state index in [1.54, 1.807) is 6.20 Å². The van der Waals surface area contributed by atoms with Gasteiger partial charge in [-0.15, -0.1) is 0 Å². The van der Waals surface area contributed by atoms with Gasteiger partial charge in [0.05, 0.1) is 13.2 Å². The molecule has 4 nitrogen and oxygen atoms in total. The van der Waals surface area contributed by atoms with Gasteiger partial charge in [0.15, 0.2) is 0 Å². The molecule has 0 aromatic carbocycles. The molecule has 76 valence electrons. The van der Waals surface area contributed by atoms with Gasteiger partial charge in [-0.3, -0.25) is 0 Å². The fourth-order valence-corrected chi connectivity index (χ4v) is 2.07. The quantitative estimate of drug-likeness (QED) is 0.610. The summed E-state index contributed by atoms with van der Waals surface area (Å²) in [5, 5.41) is 9.57. The third kappa shape index (κ3) is 1.83. The van der Waals surface area contributed by atoms with Gasteiger partial charge < -0.3 is 14.7 Å². The van der Waals surface area contributed by atoms with Crippen LogP contribution in [-0.2, 0) is 4.74 Å². The van der Waals surface area contributed by atoms with E-state index >= 15 is 0 Å². The first-order chi connectivity index (χ1) is 6.79. The fraction of sp³-hybridized carbons (Fsp3) is 0.444. The number of ether oxygens (including phenoxy) is 1. The number of alkyl halides is 1. The molecule has 2 rings (SSSR count). The minimum atomic E-state index is 0.0684. The summed E-state index contributed by atoms with van der Waals surface area (Å²) in [5.74, 6) is 0.0684. The van der Waals surface area contributed by atoms with Gasteiger partial charge in [0.2, 0.25) is 5.88 Å². The zero-order chi connectivity index (χ0) is 9.97. The molecule has 0 spiro atoms. The molecule has 0 saturated carbocycles. The molecular formula is C9H11BrN2O2. The standard InChI is InChI=1S/C9H11BrN2O2/c10-8-6-14-5-4-12(8)7-2-1-3-11-9(7)13/h1-3,8H,4-6H2,(H,11,13). The fourth-order valence-electron chi connectivity index (χ4n) is 1.46. The lowest BCUT2D eigenvalue weighted by molar-refractivity contribution is 0.116. The van der Waals surface area contributed by atoms with Crippen LogP contribution in [0.2, 0.25) is 0 Å². The lowest BCUT2D eigenvalue weighted by Crippen LogP contribution is -2.41. The lowest BCUT2D eigenvalue weighted by Gasteiger charge is -2.33. The molecule has 0 amide bonds. The highest BCUT2D eigenvalue weighted by Gasteiger charge is 2.22. The van der Waals surface area contributed by atoms with Crippen LogP contribution in [0.5, 0.6) is 5.88 Å². The number of rotatable bonds is 1. The van der Waals surface area contributed by atoms with E-state index in [4.69, 9.17) is 4.74 Å². The zero-order valence-electron chi connectivity index (χ0n) is 7.56. The van der Waals surface area contributed by atoms with Crippen molar-refractivity contribution in [2.24, 2.45) is 0 Å². The van der Waals surface area contributed by atoms with Crippen LogP contribution in [0.1, 0.15) is 0 Å². The maximum atomic E-state index is 9.57. The highest BCUT2D eigenvalue weighted by Crippen LogP contribution is 2.28. The number of hydrogen-bond acceptors (Lipinski definition) is 4. The second-order valence-electron chi connectivity index (χ2n) is 3.05. The van der Waals surface area contributed by atoms with Crippen LogP contribution in [0.15, 0.2) is 18.3 Å². The summed E-state index contributed by atoms with van der Waals surface area (Å²) in [7, 11) is 0. The number of aromatic nitrogens is 1. The molecule has 0 bridgehead atoms. The van der Waals surface area contributed by atoms with E-state index in [2.05, 4.69) is 20.9 Å². The maximum absolute atomic E-state index is 9.57. The molecule has 1 aromatic heterocycles. The van der Waals surface area contributed by atoms with Crippen molar-refractivity contribution in [1.82, 2.24) is 4.98 Å². The van der Waals surface area contributed by atoms with Crippen LogP contribution < -0.4 is 4.90 Å². The SMILES string of the molecule is Oc1ncccc1N1CCOCC1Br. The van der Waals surface area contributed by atoms with E-state index in [0.29, 0.717) is 13.2 Å². The summed E-state index contributed by atoms with van der Waals surface area (Å²) >= 11 is 3.49. The Morgan fingerprint density at radius 2 is 2.50 bits per heavy atom. The average Bonchev–Trinajstić information content (AvgIpc) is 2.20. The minimum absolute atomic E-state index is 0.0684. The van der Waals surface area contributed by atoms with Gasteiger partial charge in [-0.2, -0.15) is 0 Å².